The zero-order chi connectivity index (χ0) is 16.0. The van der Waals surface area contributed by atoms with Crippen molar-refractivity contribution in [3.63, 3.8) is 0 Å². The molecule has 0 aliphatic carbocycles. The van der Waals surface area contributed by atoms with E-state index in [9.17, 15) is 9.18 Å². The molecule has 1 fully saturated rings. The molecule has 1 atom stereocenters. The minimum absolute atomic E-state index is 0.131. The fourth-order valence-corrected chi connectivity index (χ4v) is 2.30. The fourth-order valence-electron chi connectivity index (χ4n) is 2.30. The Kier molecular flexibility index (Phi) is 6.78. The molecule has 1 aliphatic heterocycles. The molecule has 0 N–H and O–H groups in total. The lowest BCUT2D eigenvalue weighted by atomic mass is 10.1. The largest absolute Gasteiger partial charge is 0.339 e. The molecule has 1 heterocycles. The SMILES string of the molecule is C=C(F)C=CC(=C)C(C)N1CCN(C(=O)CN(C)C)CC1. The molecule has 4 nitrogen and oxygen atoms in total. The van der Waals surface area contributed by atoms with Crippen molar-refractivity contribution in [3.8, 4) is 0 Å². The van der Waals surface area contributed by atoms with Crippen LogP contribution in [-0.4, -0.2) is 73.5 Å². The van der Waals surface area contributed by atoms with Gasteiger partial charge in [-0.05, 0) is 32.7 Å². The topological polar surface area (TPSA) is 26.8 Å². The Morgan fingerprint density at radius 3 is 2.29 bits per heavy atom. The van der Waals surface area contributed by atoms with Gasteiger partial charge in [-0.15, -0.1) is 0 Å². The molecular formula is C16H26FN3O. The molecule has 1 aliphatic rings. The summed E-state index contributed by atoms with van der Waals surface area (Å²) in [6.45, 7) is 12.7. The number of hydrogen-bond donors (Lipinski definition) is 0. The first kappa shape index (κ1) is 17.6. The third-order valence-corrected chi connectivity index (χ3v) is 3.68. The summed E-state index contributed by atoms with van der Waals surface area (Å²) >= 11 is 0. The van der Waals surface area contributed by atoms with Crippen molar-refractivity contribution in [1.29, 1.82) is 0 Å². The van der Waals surface area contributed by atoms with E-state index >= 15 is 0 Å². The number of rotatable bonds is 6. The number of carbonyl (C=O) groups is 1. The highest BCUT2D eigenvalue weighted by molar-refractivity contribution is 5.78. The maximum atomic E-state index is 12.6. The van der Waals surface area contributed by atoms with Crippen molar-refractivity contribution >= 4 is 5.91 Å². The number of nitrogens with zero attached hydrogens (tertiary/aromatic N) is 3. The Labute approximate surface area is 127 Å². The summed E-state index contributed by atoms with van der Waals surface area (Å²) in [5.41, 5.74) is 0.849. The second-order valence-electron chi connectivity index (χ2n) is 5.69. The van der Waals surface area contributed by atoms with Crippen molar-refractivity contribution < 1.29 is 9.18 Å². The smallest absolute Gasteiger partial charge is 0.236 e. The molecule has 1 unspecified atom stereocenters. The highest BCUT2D eigenvalue weighted by Crippen LogP contribution is 2.14. The lowest BCUT2D eigenvalue weighted by Gasteiger charge is -2.38. The van der Waals surface area contributed by atoms with Gasteiger partial charge in [-0.3, -0.25) is 9.69 Å². The molecule has 1 saturated heterocycles. The van der Waals surface area contributed by atoms with E-state index in [1.54, 1.807) is 6.08 Å². The summed E-state index contributed by atoms with van der Waals surface area (Å²) in [7, 11) is 3.79. The number of allylic oxidation sites excluding steroid dienone is 2. The summed E-state index contributed by atoms with van der Waals surface area (Å²) in [5.74, 6) is -0.304. The molecule has 21 heavy (non-hydrogen) atoms. The van der Waals surface area contributed by atoms with Gasteiger partial charge in [0.05, 0.1) is 6.54 Å². The van der Waals surface area contributed by atoms with Crippen LogP contribution in [0.3, 0.4) is 0 Å². The van der Waals surface area contributed by atoms with Crippen LogP contribution >= 0.6 is 0 Å². The van der Waals surface area contributed by atoms with E-state index in [4.69, 9.17) is 0 Å². The molecular weight excluding hydrogens is 269 g/mol. The van der Waals surface area contributed by atoms with Crippen LogP contribution in [0, 0.1) is 0 Å². The molecule has 0 saturated carbocycles. The lowest BCUT2D eigenvalue weighted by Crippen LogP contribution is -2.53. The van der Waals surface area contributed by atoms with Gasteiger partial charge in [0, 0.05) is 32.2 Å². The predicted octanol–water partition coefficient (Wildman–Crippen LogP) is 1.68. The van der Waals surface area contributed by atoms with Crippen LogP contribution in [0.1, 0.15) is 6.92 Å². The lowest BCUT2D eigenvalue weighted by molar-refractivity contribution is -0.133. The van der Waals surface area contributed by atoms with Crippen LogP contribution in [0.4, 0.5) is 4.39 Å². The highest BCUT2D eigenvalue weighted by atomic mass is 19.1. The van der Waals surface area contributed by atoms with Crippen LogP contribution in [0.15, 0.2) is 36.7 Å². The predicted molar refractivity (Wildman–Crippen MR) is 84.7 cm³/mol. The average molecular weight is 295 g/mol. The highest BCUT2D eigenvalue weighted by Gasteiger charge is 2.24. The summed E-state index contributed by atoms with van der Waals surface area (Å²) in [6.07, 6.45) is 2.99. The molecule has 1 amide bonds. The number of carbonyl (C=O) groups excluding carboxylic acids is 1. The van der Waals surface area contributed by atoms with Crippen LogP contribution in [-0.2, 0) is 4.79 Å². The zero-order valence-corrected chi connectivity index (χ0v) is 13.3. The second-order valence-corrected chi connectivity index (χ2v) is 5.69. The Morgan fingerprint density at radius 2 is 1.81 bits per heavy atom. The summed E-state index contributed by atoms with van der Waals surface area (Å²) in [6, 6.07) is 0.131. The third kappa shape index (κ3) is 5.81. The van der Waals surface area contributed by atoms with Crippen LogP contribution in [0.2, 0.25) is 0 Å². The maximum Gasteiger partial charge on any atom is 0.236 e. The quantitative estimate of drug-likeness (QED) is 0.698. The first-order valence-electron chi connectivity index (χ1n) is 7.19. The van der Waals surface area contributed by atoms with Gasteiger partial charge in [-0.25, -0.2) is 4.39 Å². The maximum absolute atomic E-state index is 12.6. The van der Waals surface area contributed by atoms with Crippen molar-refractivity contribution in [2.45, 2.75) is 13.0 Å². The first-order valence-corrected chi connectivity index (χ1v) is 7.19. The number of amides is 1. The summed E-state index contributed by atoms with van der Waals surface area (Å²) in [4.78, 5) is 18.0. The normalized spacial score (nSPS) is 18.2. The van der Waals surface area contributed by atoms with Crippen molar-refractivity contribution in [2.24, 2.45) is 0 Å². The van der Waals surface area contributed by atoms with E-state index in [0.29, 0.717) is 6.54 Å². The molecule has 118 valence electrons. The Hall–Kier alpha value is -1.46. The van der Waals surface area contributed by atoms with Gasteiger partial charge in [0.1, 0.15) is 5.83 Å². The number of halogens is 1. The molecule has 0 aromatic heterocycles. The zero-order valence-electron chi connectivity index (χ0n) is 13.3. The Morgan fingerprint density at radius 1 is 1.24 bits per heavy atom. The van der Waals surface area contributed by atoms with Gasteiger partial charge < -0.3 is 9.80 Å². The molecule has 0 bridgehead atoms. The van der Waals surface area contributed by atoms with Gasteiger partial charge in [0.2, 0.25) is 5.91 Å². The van der Waals surface area contributed by atoms with E-state index in [2.05, 4.69) is 18.1 Å². The molecule has 0 spiro atoms. The minimum atomic E-state index is -0.470. The van der Waals surface area contributed by atoms with Crippen LogP contribution < -0.4 is 0 Å². The molecule has 1 rings (SSSR count). The standard InChI is InChI=1S/C16H26FN3O/c1-13(6-7-14(2)17)15(3)19-8-10-20(11-9-19)16(21)12-18(4)5/h6-7,15H,1-2,8-12H2,3-5H3. The van der Waals surface area contributed by atoms with Crippen molar-refractivity contribution in [2.75, 3.05) is 46.8 Å². The van der Waals surface area contributed by atoms with Crippen molar-refractivity contribution in [3.05, 3.63) is 36.7 Å². The van der Waals surface area contributed by atoms with E-state index in [0.717, 1.165) is 31.8 Å². The third-order valence-electron chi connectivity index (χ3n) is 3.68. The molecule has 0 aromatic rings. The molecule has 0 aromatic carbocycles. The number of piperazine rings is 1. The fraction of sp³-hybridized carbons (Fsp3) is 0.562. The van der Waals surface area contributed by atoms with Gasteiger partial charge in [-0.1, -0.05) is 19.2 Å². The first-order chi connectivity index (χ1) is 9.81. The second kappa shape index (κ2) is 8.10. The van der Waals surface area contributed by atoms with E-state index in [1.165, 1.54) is 6.08 Å². The van der Waals surface area contributed by atoms with Crippen LogP contribution in [0.25, 0.3) is 0 Å². The Bertz CT molecular complexity index is 423. The van der Waals surface area contributed by atoms with Gasteiger partial charge >= 0.3 is 0 Å². The average Bonchev–Trinajstić information content (AvgIpc) is 2.43. The van der Waals surface area contributed by atoms with E-state index in [1.807, 2.05) is 30.8 Å². The Balaban J connectivity index is 2.47. The van der Waals surface area contributed by atoms with Gasteiger partial charge in [0.25, 0.3) is 0 Å². The minimum Gasteiger partial charge on any atom is -0.339 e. The van der Waals surface area contributed by atoms with E-state index in [-0.39, 0.29) is 11.9 Å². The summed E-state index contributed by atoms with van der Waals surface area (Å²) in [5, 5.41) is 0. The monoisotopic (exact) mass is 295 g/mol. The van der Waals surface area contributed by atoms with Crippen molar-refractivity contribution in [1.82, 2.24) is 14.7 Å². The van der Waals surface area contributed by atoms with E-state index < -0.39 is 5.83 Å². The molecule has 0 radical (unpaired) electrons. The molecule has 5 heteroatoms. The number of likely N-dealkylation sites (N-methyl/N-ethyl adjacent to an activating group) is 1. The summed E-state index contributed by atoms with van der Waals surface area (Å²) < 4.78 is 12.6. The van der Waals surface area contributed by atoms with Gasteiger partial charge in [0.15, 0.2) is 0 Å². The number of hydrogen-bond acceptors (Lipinski definition) is 3. The van der Waals surface area contributed by atoms with Gasteiger partial charge in [-0.2, -0.15) is 0 Å². The van der Waals surface area contributed by atoms with Crippen LogP contribution in [0.5, 0.6) is 0 Å².